The lowest BCUT2D eigenvalue weighted by Gasteiger charge is -2.16. The third kappa shape index (κ3) is 3.61. The van der Waals surface area contributed by atoms with E-state index in [2.05, 4.69) is 4.74 Å². The molecule has 0 heterocycles. The predicted octanol–water partition coefficient (Wildman–Crippen LogP) is 1.78. The van der Waals surface area contributed by atoms with E-state index in [1.807, 2.05) is 0 Å². The van der Waals surface area contributed by atoms with E-state index >= 15 is 0 Å². The number of benzene rings is 1. The van der Waals surface area contributed by atoms with Crippen molar-refractivity contribution in [2.24, 2.45) is 5.73 Å². The first-order valence-electron chi connectivity index (χ1n) is 5.32. The fourth-order valence-electron chi connectivity index (χ4n) is 1.44. The van der Waals surface area contributed by atoms with Crippen LogP contribution in [0, 0.1) is 0 Å². The predicted molar refractivity (Wildman–Crippen MR) is 66.3 cm³/mol. The fraction of sp³-hybridized carbons (Fsp3) is 0.417. The first-order valence-corrected chi connectivity index (χ1v) is 5.70. The number of rotatable bonds is 5. The van der Waals surface area contributed by atoms with Gasteiger partial charge in [0.05, 0.1) is 7.11 Å². The second kappa shape index (κ2) is 6.47. The van der Waals surface area contributed by atoms with Gasteiger partial charge in [-0.25, -0.2) is 4.79 Å². The summed E-state index contributed by atoms with van der Waals surface area (Å²) >= 11 is 6.05. The summed E-state index contributed by atoms with van der Waals surface area (Å²) in [7, 11) is 1.32. The molecule has 0 aliphatic rings. The minimum atomic E-state index is -0.671. The quantitative estimate of drug-likeness (QED) is 0.817. The number of hydrogen-bond donors (Lipinski definition) is 1. The molecule has 17 heavy (non-hydrogen) atoms. The summed E-state index contributed by atoms with van der Waals surface area (Å²) in [5.41, 5.74) is 6.32. The molecule has 0 aromatic heterocycles. The number of nitrogens with two attached hydrogens (primary N) is 1. The second-order valence-corrected chi connectivity index (χ2v) is 3.95. The molecule has 4 nitrogen and oxygen atoms in total. The van der Waals surface area contributed by atoms with E-state index in [9.17, 15) is 4.79 Å². The summed E-state index contributed by atoms with van der Waals surface area (Å²) in [5.74, 6) is 0.143. The Labute approximate surface area is 106 Å². The van der Waals surface area contributed by atoms with Crippen molar-refractivity contribution in [3.8, 4) is 5.75 Å². The molecule has 5 heteroatoms. The number of carbonyl (C=O) groups excluding carboxylic acids is 1. The van der Waals surface area contributed by atoms with Crippen molar-refractivity contribution in [3.63, 3.8) is 0 Å². The molecule has 2 N–H and O–H groups in total. The van der Waals surface area contributed by atoms with E-state index in [0.717, 1.165) is 5.56 Å². The molecule has 0 bridgehead atoms. The SMILES string of the molecule is COC(=O)C(C)Oc1cccc(Cl)c1CCN. The topological polar surface area (TPSA) is 61.5 Å². The van der Waals surface area contributed by atoms with E-state index in [1.165, 1.54) is 7.11 Å². The van der Waals surface area contributed by atoms with Crippen LogP contribution in [0.25, 0.3) is 0 Å². The van der Waals surface area contributed by atoms with Crippen molar-refractivity contribution < 1.29 is 14.3 Å². The second-order valence-electron chi connectivity index (χ2n) is 3.54. The van der Waals surface area contributed by atoms with Gasteiger partial charge in [-0.15, -0.1) is 0 Å². The number of ether oxygens (including phenoxy) is 2. The van der Waals surface area contributed by atoms with Crippen molar-refractivity contribution >= 4 is 17.6 Å². The van der Waals surface area contributed by atoms with Crippen LogP contribution in [-0.4, -0.2) is 25.7 Å². The van der Waals surface area contributed by atoms with Crippen molar-refractivity contribution in [1.29, 1.82) is 0 Å². The molecule has 0 saturated heterocycles. The zero-order chi connectivity index (χ0) is 12.8. The minimum absolute atomic E-state index is 0.427. The van der Waals surface area contributed by atoms with E-state index in [1.54, 1.807) is 25.1 Å². The van der Waals surface area contributed by atoms with Gasteiger partial charge in [-0.05, 0) is 32.0 Å². The van der Waals surface area contributed by atoms with Crippen LogP contribution >= 0.6 is 11.6 Å². The van der Waals surface area contributed by atoms with E-state index in [4.69, 9.17) is 22.1 Å². The Morgan fingerprint density at radius 1 is 1.53 bits per heavy atom. The van der Waals surface area contributed by atoms with Gasteiger partial charge in [-0.2, -0.15) is 0 Å². The lowest BCUT2D eigenvalue weighted by atomic mass is 10.1. The van der Waals surface area contributed by atoms with Gasteiger partial charge in [-0.1, -0.05) is 17.7 Å². The summed E-state index contributed by atoms with van der Waals surface area (Å²) in [6.07, 6.45) is -0.0712. The van der Waals surface area contributed by atoms with Crippen LogP contribution in [0.4, 0.5) is 0 Å². The Kier molecular flexibility index (Phi) is 5.25. The lowest BCUT2D eigenvalue weighted by Crippen LogP contribution is -2.25. The molecule has 94 valence electrons. The van der Waals surface area contributed by atoms with Crippen LogP contribution in [0.5, 0.6) is 5.75 Å². The molecule has 1 atom stereocenters. The summed E-state index contributed by atoms with van der Waals surface area (Å²) in [6.45, 7) is 2.09. The molecule has 1 unspecified atom stereocenters. The molecule has 0 saturated carbocycles. The Morgan fingerprint density at radius 2 is 2.24 bits per heavy atom. The van der Waals surface area contributed by atoms with E-state index in [-0.39, 0.29) is 0 Å². The number of halogens is 1. The fourth-order valence-corrected chi connectivity index (χ4v) is 1.70. The maximum atomic E-state index is 11.3. The van der Waals surface area contributed by atoms with Crippen LogP contribution in [0.2, 0.25) is 5.02 Å². The average molecular weight is 258 g/mol. The van der Waals surface area contributed by atoms with Gasteiger partial charge in [0.1, 0.15) is 5.75 Å². The Hall–Kier alpha value is -1.26. The zero-order valence-electron chi connectivity index (χ0n) is 9.90. The number of methoxy groups -OCH3 is 1. The normalized spacial score (nSPS) is 12.0. The van der Waals surface area contributed by atoms with Gasteiger partial charge in [0, 0.05) is 10.6 Å². The highest BCUT2D eigenvalue weighted by Gasteiger charge is 2.17. The summed E-state index contributed by atoms with van der Waals surface area (Å²) in [4.78, 5) is 11.3. The van der Waals surface area contributed by atoms with E-state index < -0.39 is 12.1 Å². The highest BCUT2D eigenvalue weighted by Crippen LogP contribution is 2.27. The first kappa shape index (κ1) is 13.8. The van der Waals surface area contributed by atoms with E-state index in [0.29, 0.717) is 23.7 Å². The molecular formula is C12H16ClNO3. The van der Waals surface area contributed by atoms with Gasteiger partial charge in [0.15, 0.2) is 6.10 Å². The number of esters is 1. The third-order valence-corrected chi connectivity index (χ3v) is 2.66. The minimum Gasteiger partial charge on any atom is -0.479 e. The maximum absolute atomic E-state index is 11.3. The monoisotopic (exact) mass is 257 g/mol. The van der Waals surface area contributed by atoms with Gasteiger partial charge in [0.2, 0.25) is 0 Å². The molecule has 1 aromatic carbocycles. The van der Waals surface area contributed by atoms with Crippen molar-refractivity contribution in [2.75, 3.05) is 13.7 Å². The molecule has 0 amide bonds. The van der Waals surface area contributed by atoms with Gasteiger partial charge in [-0.3, -0.25) is 0 Å². The molecule has 0 aliphatic heterocycles. The largest absolute Gasteiger partial charge is 0.479 e. The third-order valence-electron chi connectivity index (χ3n) is 2.31. The molecular weight excluding hydrogens is 242 g/mol. The van der Waals surface area contributed by atoms with Crippen LogP contribution in [-0.2, 0) is 16.0 Å². The molecule has 0 spiro atoms. The summed E-state index contributed by atoms with van der Waals surface area (Å²) in [5, 5.41) is 0.588. The van der Waals surface area contributed by atoms with Crippen molar-refractivity contribution in [1.82, 2.24) is 0 Å². The van der Waals surface area contributed by atoms with Gasteiger partial charge < -0.3 is 15.2 Å². The summed E-state index contributed by atoms with van der Waals surface area (Å²) in [6, 6.07) is 5.29. The Bertz CT molecular complexity index is 395. The highest BCUT2D eigenvalue weighted by molar-refractivity contribution is 6.31. The molecule has 1 rings (SSSR count). The smallest absolute Gasteiger partial charge is 0.346 e. The summed E-state index contributed by atoms with van der Waals surface area (Å²) < 4.78 is 10.1. The molecule has 0 radical (unpaired) electrons. The molecule has 0 fully saturated rings. The zero-order valence-corrected chi connectivity index (χ0v) is 10.7. The Balaban J connectivity index is 2.90. The van der Waals surface area contributed by atoms with Crippen LogP contribution in [0.15, 0.2) is 18.2 Å². The van der Waals surface area contributed by atoms with Gasteiger partial charge >= 0.3 is 5.97 Å². The maximum Gasteiger partial charge on any atom is 0.346 e. The van der Waals surface area contributed by atoms with Crippen LogP contribution < -0.4 is 10.5 Å². The number of hydrogen-bond acceptors (Lipinski definition) is 4. The lowest BCUT2D eigenvalue weighted by molar-refractivity contribution is -0.147. The molecule has 1 aromatic rings. The van der Waals surface area contributed by atoms with Crippen LogP contribution in [0.1, 0.15) is 12.5 Å². The van der Waals surface area contributed by atoms with Gasteiger partial charge in [0.25, 0.3) is 0 Å². The average Bonchev–Trinajstić information content (AvgIpc) is 2.32. The highest BCUT2D eigenvalue weighted by atomic mass is 35.5. The van der Waals surface area contributed by atoms with Crippen LogP contribution in [0.3, 0.4) is 0 Å². The standard InChI is InChI=1S/C12H16ClNO3/c1-8(12(15)16-2)17-11-5-3-4-10(13)9(11)6-7-14/h3-5,8H,6-7,14H2,1-2H3. The first-order chi connectivity index (χ1) is 8.10. The number of carbonyl (C=O) groups is 1. The van der Waals surface area contributed by atoms with Crippen molar-refractivity contribution in [3.05, 3.63) is 28.8 Å². The molecule has 0 aliphatic carbocycles. The Morgan fingerprint density at radius 3 is 2.82 bits per heavy atom. The van der Waals surface area contributed by atoms with Crippen molar-refractivity contribution in [2.45, 2.75) is 19.4 Å².